The van der Waals surface area contributed by atoms with Gasteiger partial charge in [-0.25, -0.2) is 4.98 Å². The van der Waals surface area contributed by atoms with Gasteiger partial charge in [0.05, 0.1) is 11.7 Å². The Hall–Kier alpha value is -2.08. The highest BCUT2D eigenvalue weighted by Gasteiger charge is 2.29. The van der Waals surface area contributed by atoms with E-state index in [9.17, 15) is 9.59 Å². The second-order valence-electron chi connectivity index (χ2n) is 7.92. The summed E-state index contributed by atoms with van der Waals surface area (Å²) < 4.78 is 1.67. The van der Waals surface area contributed by atoms with E-state index in [1.807, 2.05) is 52.8 Å². The molecule has 0 fully saturated rings. The summed E-state index contributed by atoms with van der Waals surface area (Å²) in [4.78, 5) is 29.8. The van der Waals surface area contributed by atoms with Crippen molar-refractivity contribution >= 4 is 23.4 Å². The van der Waals surface area contributed by atoms with Gasteiger partial charge in [-0.3, -0.25) is 14.2 Å². The lowest BCUT2D eigenvalue weighted by molar-refractivity contribution is -0.116. The van der Waals surface area contributed by atoms with Crippen LogP contribution in [0.1, 0.15) is 50.1 Å². The summed E-state index contributed by atoms with van der Waals surface area (Å²) in [6.07, 6.45) is 0.268. The molecule has 1 aromatic carbocycles. The molecule has 3 rings (SSSR count). The number of aryl methyl sites for hydroxylation is 2. The summed E-state index contributed by atoms with van der Waals surface area (Å²) in [5, 5.41) is 3.69. The van der Waals surface area contributed by atoms with Gasteiger partial charge in [-0.15, -0.1) is 0 Å². The largest absolute Gasteiger partial charge is 0.326 e. The van der Waals surface area contributed by atoms with E-state index in [-0.39, 0.29) is 29.3 Å². The van der Waals surface area contributed by atoms with Gasteiger partial charge in [-0.2, -0.15) is 0 Å². The zero-order valence-corrected chi connectivity index (χ0v) is 16.7. The van der Waals surface area contributed by atoms with Crippen LogP contribution < -0.4 is 10.9 Å². The first-order valence-corrected chi connectivity index (χ1v) is 9.77. The number of aromatic nitrogens is 2. The number of hydrogen-bond donors (Lipinski definition) is 1. The number of nitrogens with one attached hydrogen (secondary N) is 1. The van der Waals surface area contributed by atoms with Gasteiger partial charge in [-0.05, 0) is 31.0 Å². The molecule has 1 aliphatic heterocycles. The molecule has 0 saturated carbocycles. The number of amides is 1. The first kappa shape index (κ1) is 18.7. The van der Waals surface area contributed by atoms with E-state index in [0.29, 0.717) is 10.9 Å². The molecule has 6 heteroatoms. The van der Waals surface area contributed by atoms with E-state index in [4.69, 9.17) is 0 Å². The molecule has 1 aromatic heterocycles. The van der Waals surface area contributed by atoms with Crippen molar-refractivity contribution in [2.45, 2.75) is 57.7 Å². The molecule has 2 aromatic rings. The zero-order chi connectivity index (χ0) is 19.1. The lowest BCUT2D eigenvalue weighted by atomic mass is 9.92. The van der Waals surface area contributed by atoms with Crippen molar-refractivity contribution in [1.29, 1.82) is 0 Å². The summed E-state index contributed by atoms with van der Waals surface area (Å²) in [7, 11) is 0. The molecule has 0 spiro atoms. The SMILES string of the molecule is Cc1ccc(C)c(NC(=O)CC2CSc3nc(C(C)(C)C)cc(=O)n32)c1. The molecule has 1 atom stereocenters. The third-order valence-corrected chi connectivity index (χ3v) is 5.64. The van der Waals surface area contributed by atoms with E-state index in [2.05, 4.69) is 10.3 Å². The molecule has 0 saturated heterocycles. The molecule has 0 radical (unpaired) electrons. The van der Waals surface area contributed by atoms with Crippen molar-refractivity contribution in [3.8, 4) is 0 Å². The number of carbonyl (C=O) groups excluding carboxylic acids is 1. The van der Waals surface area contributed by atoms with Crippen LogP contribution in [0.3, 0.4) is 0 Å². The zero-order valence-electron chi connectivity index (χ0n) is 15.9. The Morgan fingerprint density at radius 2 is 2.04 bits per heavy atom. The Labute approximate surface area is 158 Å². The highest BCUT2D eigenvalue weighted by atomic mass is 32.2. The van der Waals surface area contributed by atoms with Gasteiger partial charge >= 0.3 is 0 Å². The number of fused-ring (bicyclic) bond motifs is 1. The van der Waals surface area contributed by atoms with Gasteiger partial charge in [0.15, 0.2) is 5.16 Å². The summed E-state index contributed by atoms with van der Waals surface area (Å²) in [6.45, 7) is 10.1. The van der Waals surface area contributed by atoms with Gasteiger partial charge in [0, 0.05) is 29.3 Å². The monoisotopic (exact) mass is 371 g/mol. The van der Waals surface area contributed by atoms with Crippen molar-refractivity contribution in [3.05, 3.63) is 51.4 Å². The van der Waals surface area contributed by atoms with Gasteiger partial charge in [-0.1, -0.05) is 44.7 Å². The van der Waals surface area contributed by atoms with Gasteiger partial charge in [0.25, 0.3) is 5.56 Å². The van der Waals surface area contributed by atoms with Crippen LogP contribution in [0.2, 0.25) is 0 Å². The standard InChI is InChI=1S/C20H25N3O2S/c1-12-6-7-13(2)15(8-12)21-17(24)9-14-11-26-19-22-16(20(3,4)5)10-18(25)23(14)19/h6-8,10,14H,9,11H2,1-5H3,(H,21,24). The van der Waals surface area contributed by atoms with Crippen LogP contribution in [0, 0.1) is 13.8 Å². The predicted molar refractivity (Wildman–Crippen MR) is 106 cm³/mol. The van der Waals surface area contributed by atoms with Crippen LogP contribution in [0.5, 0.6) is 0 Å². The highest BCUT2D eigenvalue weighted by molar-refractivity contribution is 7.99. The van der Waals surface area contributed by atoms with Crippen molar-refractivity contribution in [3.63, 3.8) is 0 Å². The van der Waals surface area contributed by atoms with Crippen LogP contribution in [0.15, 0.2) is 34.2 Å². The second kappa shape index (κ2) is 6.91. The molecule has 0 aliphatic carbocycles. The molecule has 5 nitrogen and oxygen atoms in total. The molecule has 0 bridgehead atoms. The van der Waals surface area contributed by atoms with Crippen molar-refractivity contribution in [1.82, 2.24) is 9.55 Å². The summed E-state index contributed by atoms with van der Waals surface area (Å²) >= 11 is 1.55. The number of nitrogens with zero attached hydrogens (tertiary/aromatic N) is 2. The van der Waals surface area contributed by atoms with E-state index in [1.54, 1.807) is 22.4 Å². The Morgan fingerprint density at radius 1 is 1.31 bits per heavy atom. The number of benzene rings is 1. The predicted octanol–water partition coefficient (Wildman–Crippen LogP) is 3.83. The summed E-state index contributed by atoms with van der Waals surface area (Å²) in [5.74, 6) is 0.611. The van der Waals surface area contributed by atoms with Gasteiger partial charge < -0.3 is 5.32 Å². The topological polar surface area (TPSA) is 64.0 Å². The van der Waals surface area contributed by atoms with Crippen LogP contribution in [0.25, 0.3) is 0 Å². The number of rotatable bonds is 3. The maximum absolute atomic E-state index is 12.6. The molecule has 1 aliphatic rings. The number of hydrogen-bond acceptors (Lipinski definition) is 4. The smallest absolute Gasteiger partial charge is 0.254 e. The fourth-order valence-electron chi connectivity index (χ4n) is 2.97. The Morgan fingerprint density at radius 3 is 2.73 bits per heavy atom. The van der Waals surface area contributed by atoms with Crippen LogP contribution in [-0.2, 0) is 10.2 Å². The van der Waals surface area contributed by atoms with E-state index >= 15 is 0 Å². The molecule has 1 amide bonds. The minimum absolute atomic E-state index is 0.0746. The maximum Gasteiger partial charge on any atom is 0.254 e. The van der Waals surface area contributed by atoms with Crippen molar-refractivity contribution < 1.29 is 4.79 Å². The summed E-state index contributed by atoms with van der Waals surface area (Å²) in [5.41, 5.74) is 3.50. The lowest BCUT2D eigenvalue weighted by Gasteiger charge is -2.19. The Bertz CT molecular complexity index is 912. The third-order valence-electron chi connectivity index (χ3n) is 4.55. The molecular formula is C20H25N3O2S. The molecule has 2 heterocycles. The van der Waals surface area contributed by atoms with Crippen molar-refractivity contribution in [2.24, 2.45) is 0 Å². The number of thioether (sulfide) groups is 1. The van der Waals surface area contributed by atoms with Crippen LogP contribution in [0.4, 0.5) is 5.69 Å². The normalized spacial score (nSPS) is 16.4. The summed E-state index contributed by atoms with van der Waals surface area (Å²) in [6, 6.07) is 7.43. The Balaban J connectivity index is 1.79. The molecule has 1 N–H and O–H groups in total. The van der Waals surface area contributed by atoms with Crippen molar-refractivity contribution in [2.75, 3.05) is 11.1 Å². The van der Waals surface area contributed by atoms with E-state index in [0.717, 1.165) is 22.5 Å². The maximum atomic E-state index is 12.6. The highest BCUT2D eigenvalue weighted by Crippen LogP contribution is 2.33. The molecular weight excluding hydrogens is 346 g/mol. The lowest BCUT2D eigenvalue weighted by Crippen LogP contribution is -2.29. The second-order valence-corrected chi connectivity index (χ2v) is 8.90. The average Bonchev–Trinajstić information content (AvgIpc) is 2.93. The number of carbonyl (C=O) groups is 1. The fraction of sp³-hybridized carbons (Fsp3) is 0.450. The van der Waals surface area contributed by atoms with E-state index < -0.39 is 0 Å². The average molecular weight is 372 g/mol. The minimum atomic E-state index is -0.173. The molecule has 1 unspecified atom stereocenters. The third kappa shape index (κ3) is 3.85. The van der Waals surface area contributed by atoms with Crippen LogP contribution in [-0.4, -0.2) is 21.2 Å². The van der Waals surface area contributed by atoms with Gasteiger partial charge in [0.1, 0.15) is 0 Å². The van der Waals surface area contributed by atoms with Gasteiger partial charge in [0.2, 0.25) is 5.91 Å². The minimum Gasteiger partial charge on any atom is -0.326 e. The Kier molecular flexibility index (Phi) is 4.97. The first-order valence-electron chi connectivity index (χ1n) is 8.79. The van der Waals surface area contributed by atoms with E-state index in [1.165, 1.54) is 0 Å². The first-order chi connectivity index (χ1) is 12.1. The fourth-order valence-corrected chi connectivity index (χ4v) is 4.12. The quantitative estimate of drug-likeness (QED) is 0.833. The number of anilines is 1. The molecule has 26 heavy (non-hydrogen) atoms. The van der Waals surface area contributed by atoms with Crippen LogP contribution >= 0.6 is 11.8 Å². The molecule has 138 valence electrons.